The highest BCUT2D eigenvalue weighted by molar-refractivity contribution is 5.72. The zero-order chi connectivity index (χ0) is 16.5. The Morgan fingerprint density at radius 1 is 1.18 bits per heavy atom. The lowest BCUT2D eigenvalue weighted by Gasteiger charge is -2.26. The molecule has 1 heterocycles. The van der Waals surface area contributed by atoms with Crippen LogP contribution in [0.15, 0.2) is 0 Å². The number of carbonyl (C=O) groups excluding carboxylic acids is 2. The van der Waals surface area contributed by atoms with Crippen LogP contribution < -0.4 is 0 Å². The molecule has 0 aromatic carbocycles. The predicted octanol–water partition coefficient (Wildman–Crippen LogP) is 3.08. The molecule has 3 atom stereocenters. The third kappa shape index (κ3) is 3.93. The number of carbonyl (C=O) groups is 2. The highest BCUT2D eigenvalue weighted by Crippen LogP contribution is 2.44. The Labute approximate surface area is 133 Å². The molecular formula is C17H29NO4. The van der Waals surface area contributed by atoms with Crippen molar-refractivity contribution in [3.8, 4) is 0 Å². The lowest BCUT2D eigenvalue weighted by Crippen LogP contribution is -2.36. The van der Waals surface area contributed by atoms with E-state index in [-0.39, 0.29) is 18.0 Å². The highest BCUT2D eigenvalue weighted by atomic mass is 16.6. The van der Waals surface area contributed by atoms with Gasteiger partial charge in [0.05, 0.1) is 12.5 Å². The summed E-state index contributed by atoms with van der Waals surface area (Å²) in [5, 5.41) is 0. The predicted molar refractivity (Wildman–Crippen MR) is 83.3 cm³/mol. The van der Waals surface area contributed by atoms with Gasteiger partial charge < -0.3 is 14.4 Å². The quantitative estimate of drug-likeness (QED) is 0.752. The van der Waals surface area contributed by atoms with Crippen LogP contribution in [0.25, 0.3) is 0 Å². The molecule has 1 saturated carbocycles. The molecule has 0 aromatic rings. The molecule has 2 aliphatic rings. The molecule has 0 radical (unpaired) electrons. The third-order valence-electron chi connectivity index (χ3n) is 4.80. The van der Waals surface area contributed by atoms with E-state index in [1.54, 1.807) is 0 Å². The fraction of sp³-hybridized carbons (Fsp3) is 0.882. The maximum Gasteiger partial charge on any atom is 0.410 e. The topological polar surface area (TPSA) is 55.8 Å². The number of likely N-dealkylation sites (tertiary alicyclic amines) is 1. The molecule has 0 spiro atoms. The average molecular weight is 311 g/mol. The molecule has 1 aliphatic carbocycles. The first-order valence-electron chi connectivity index (χ1n) is 8.35. The minimum Gasteiger partial charge on any atom is -0.466 e. The average Bonchev–Trinajstić information content (AvgIpc) is 2.93. The number of rotatable bonds is 3. The molecule has 1 amide bonds. The smallest absolute Gasteiger partial charge is 0.410 e. The molecule has 1 aliphatic heterocycles. The number of nitrogens with zero attached hydrogens (tertiary/aromatic N) is 1. The van der Waals surface area contributed by atoms with Crippen LogP contribution in [0.2, 0.25) is 0 Å². The van der Waals surface area contributed by atoms with Crippen molar-refractivity contribution < 1.29 is 19.1 Å². The number of esters is 1. The van der Waals surface area contributed by atoms with Crippen LogP contribution in [-0.2, 0) is 14.3 Å². The standard InChI is InChI=1S/C17H29NO4/c1-6-21-15(19)11(2)12-7-13-9-18(10-14(13)8-12)16(20)22-17(3,4)5/h11-14H,6-10H2,1-5H3. The molecule has 0 aromatic heterocycles. The summed E-state index contributed by atoms with van der Waals surface area (Å²) >= 11 is 0. The van der Waals surface area contributed by atoms with Crippen LogP contribution in [0.1, 0.15) is 47.5 Å². The van der Waals surface area contributed by atoms with Crippen LogP contribution >= 0.6 is 0 Å². The number of hydrogen-bond acceptors (Lipinski definition) is 4. The minimum absolute atomic E-state index is 0.0412. The zero-order valence-corrected chi connectivity index (χ0v) is 14.4. The molecule has 2 fully saturated rings. The van der Waals surface area contributed by atoms with Crippen molar-refractivity contribution in [2.75, 3.05) is 19.7 Å². The normalized spacial score (nSPS) is 29.1. The van der Waals surface area contributed by atoms with Crippen molar-refractivity contribution >= 4 is 12.1 Å². The first-order chi connectivity index (χ1) is 10.2. The summed E-state index contributed by atoms with van der Waals surface area (Å²) in [6.45, 7) is 11.4. The van der Waals surface area contributed by atoms with E-state index in [0.717, 1.165) is 25.9 Å². The largest absolute Gasteiger partial charge is 0.466 e. The third-order valence-corrected chi connectivity index (χ3v) is 4.80. The lowest BCUT2D eigenvalue weighted by atomic mass is 9.91. The summed E-state index contributed by atoms with van der Waals surface area (Å²) in [5.74, 6) is 1.25. The second kappa shape index (κ2) is 6.47. The molecule has 2 rings (SSSR count). The lowest BCUT2D eigenvalue weighted by molar-refractivity contribution is -0.149. The van der Waals surface area contributed by atoms with Crippen molar-refractivity contribution in [3.63, 3.8) is 0 Å². The molecule has 22 heavy (non-hydrogen) atoms. The summed E-state index contributed by atoms with van der Waals surface area (Å²) < 4.78 is 10.6. The van der Waals surface area contributed by atoms with Gasteiger partial charge in [0.1, 0.15) is 5.60 Å². The van der Waals surface area contributed by atoms with Crippen molar-refractivity contribution in [1.82, 2.24) is 4.90 Å². The second-order valence-corrected chi connectivity index (χ2v) is 7.68. The van der Waals surface area contributed by atoms with E-state index in [4.69, 9.17) is 9.47 Å². The molecule has 0 N–H and O–H groups in total. The van der Waals surface area contributed by atoms with Gasteiger partial charge in [0.2, 0.25) is 0 Å². The molecule has 5 heteroatoms. The molecule has 0 bridgehead atoms. The van der Waals surface area contributed by atoms with E-state index in [2.05, 4.69) is 0 Å². The highest BCUT2D eigenvalue weighted by Gasteiger charge is 2.45. The number of ether oxygens (including phenoxy) is 2. The SMILES string of the molecule is CCOC(=O)C(C)C1CC2CN(C(=O)OC(C)(C)C)CC2C1. The molecule has 126 valence electrons. The van der Waals surface area contributed by atoms with Crippen molar-refractivity contribution in [2.24, 2.45) is 23.7 Å². The van der Waals surface area contributed by atoms with Gasteiger partial charge in [0, 0.05) is 13.1 Å². The van der Waals surface area contributed by atoms with E-state index in [9.17, 15) is 9.59 Å². The monoisotopic (exact) mass is 311 g/mol. The summed E-state index contributed by atoms with van der Waals surface area (Å²) in [4.78, 5) is 25.8. The second-order valence-electron chi connectivity index (χ2n) is 7.68. The maximum absolute atomic E-state index is 12.1. The van der Waals surface area contributed by atoms with Gasteiger partial charge in [0.15, 0.2) is 0 Å². The fourth-order valence-corrected chi connectivity index (χ4v) is 3.70. The Morgan fingerprint density at radius 2 is 1.73 bits per heavy atom. The summed E-state index contributed by atoms with van der Waals surface area (Å²) in [5.41, 5.74) is -0.449. The van der Waals surface area contributed by atoms with E-state index in [1.807, 2.05) is 39.5 Å². The van der Waals surface area contributed by atoms with Gasteiger partial charge in [-0.05, 0) is 58.3 Å². The summed E-state index contributed by atoms with van der Waals surface area (Å²) in [7, 11) is 0. The summed E-state index contributed by atoms with van der Waals surface area (Å²) in [6.07, 6.45) is 1.80. The van der Waals surface area contributed by atoms with Crippen LogP contribution in [0.4, 0.5) is 4.79 Å². The van der Waals surface area contributed by atoms with Crippen LogP contribution in [0.5, 0.6) is 0 Å². The first kappa shape index (κ1) is 17.1. The Kier molecular flexibility index (Phi) is 5.03. The summed E-state index contributed by atoms with van der Waals surface area (Å²) in [6, 6.07) is 0. The van der Waals surface area contributed by atoms with Gasteiger partial charge in [-0.15, -0.1) is 0 Å². The van der Waals surface area contributed by atoms with Gasteiger partial charge >= 0.3 is 12.1 Å². The zero-order valence-electron chi connectivity index (χ0n) is 14.4. The Bertz CT molecular complexity index is 415. The fourth-order valence-electron chi connectivity index (χ4n) is 3.70. The van der Waals surface area contributed by atoms with Crippen LogP contribution in [0.3, 0.4) is 0 Å². The van der Waals surface area contributed by atoms with Crippen molar-refractivity contribution in [3.05, 3.63) is 0 Å². The van der Waals surface area contributed by atoms with Gasteiger partial charge in [-0.1, -0.05) is 6.92 Å². The maximum atomic E-state index is 12.1. The Hall–Kier alpha value is -1.26. The number of fused-ring (bicyclic) bond motifs is 1. The van der Waals surface area contributed by atoms with Crippen LogP contribution in [-0.4, -0.2) is 42.3 Å². The van der Waals surface area contributed by atoms with E-state index in [1.165, 1.54) is 0 Å². The molecule has 1 saturated heterocycles. The van der Waals surface area contributed by atoms with E-state index < -0.39 is 5.60 Å². The van der Waals surface area contributed by atoms with E-state index >= 15 is 0 Å². The number of amides is 1. The molecule has 5 nitrogen and oxygen atoms in total. The van der Waals surface area contributed by atoms with Crippen LogP contribution in [0, 0.1) is 23.7 Å². The van der Waals surface area contributed by atoms with Crippen molar-refractivity contribution in [2.45, 2.75) is 53.1 Å². The molecular weight excluding hydrogens is 282 g/mol. The molecule has 3 unspecified atom stereocenters. The Balaban J connectivity index is 1.85. The number of hydrogen-bond donors (Lipinski definition) is 0. The Morgan fingerprint density at radius 3 is 2.18 bits per heavy atom. The van der Waals surface area contributed by atoms with Crippen molar-refractivity contribution in [1.29, 1.82) is 0 Å². The minimum atomic E-state index is -0.449. The van der Waals surface area contributed by atoms with Gasteiger partial charge in [0.25, 0.3) is 0 Å². The van der Waals surface area contributed by atoms with Gasteiger partial charge in [-0.3, -0.25) is 4.79 Å². The van der Waals surface area contributed by atoms with E-state index in [0.29, 0.717) is 24.4 Å². The van der Waals surface area contributed by atoms with Gasteiger partial charge in [-0.2, -0.15) is 0 Å². The van der Waals surface area contributed by atoms with Gasteiger partial charge in [-0.25, -0.2) is 4.79 Å². The first-order valence-corrected chi connectivity index (χ1v) is 8.35.